The molecule has 0 aliphatic carbocycles. The van der Waals surface area contributed by atoms with Crippen molar-refractivity contribution >= 4 is 23.8 Å². The zero-order valence-corrected chi connectivity index (χ0v) is 23.5. The fourth-order valence-corrected chi connectivity index (χ4v) is 5.17. The molecule has 1 amide bonds. The Morgan fingerprint density at radius 3 is 2.20 bits per heavy atom. The highest BCUT2D eigenvalue weighted by molar-refractivity contribution is 6.01. The smallest absolute Gasteiger partial charge is 0.377 e. The summed E-state index contributed by atoms with van der Waals surface area (Å²) in [5, 5.41) is 28.6. The number of amides is 1. The van der Waals surface area contributed by atoms with E-state index in [0.717, 1.165) is 16.0 Å². The summed E-state index contributed by atoms with van der Waals surface area (Å²) in [6.07, 6.45) is -1.34. The van der Waals surface area contributed by atoms with Crippen LogP contribution in [0.2, 0.25) is 0 Å². The Morgan fingerprint density at radius 2 is 1.57 bits per heavy atom. The van der Waals surface area contributed by atoms with Crippen LogP contribution in [0.5, 0.6) is 23.0 Å². The number of ether oxygens (including phenoxy) is 5. The molecule has 13 heteroatoms. The molecule has 2 aliphatic heterocycles. The molecule has 13 nitrogen and oxygen atoms in total. The van der Waals surface area contributed by atoms with Gasteiger partial charge in [0.05, 0.1) is 6.61 Å². The molecule has 3 N–H and O–H groups in total. The van der Waals surface area contributed by atoms with E-state index in [4.69, 9.17) is 23.7 Å². The topological polar surface area (TPSA) is 178 Å². The van der Waals surface area contributed by atoms with Gasteiger partial charge in [0, 0.05) is 12.0 Å². The van der Waals surface area contributed by atoms with E-state index in [9.17, 15) is 34.5 Å². The number of carbonyl (C=O) groups excluding carboxylic acids is 1. The summed E-state index contributed by atoms with van der Waals surface area (Å²) < 4.78 is 26.9. The van der Waals surface area contributed by atoms with Gasteiger partial charge in [0.2, 0.25) is 6.79 Å². The summed E-state index contributed by atoms with van der Waals surface area (Å²) in [6, 6.07) is 20.9. The fraction of sp³-hybridized carbons (Fsp3) is 0.290. The number of aliphatic carboxylic acids is 3. The van der Waals surface area contributed by atoms with E-state index in [1.165, 1.54) is 0 Å². The Hall–Kier alpha value is -5.14. The molecule has 2 unspecified atom stereocenters. The van der Waals surface area contributed by atoms with Crippen molar-refractivity contribution < 1.29 is 58.2 Å². The quantitative estimate of drug-likeness (QED) is 0.257. The third-order valence-electron chi connectivity index (χ3n) is 7.43. The standard InChI is InChI=1S/C31H29NO12/c1-18(32(15-27(33)34)28(35)26-16-42-31(44-26,29(36)37)30(38)39)23(13-19-7-12-24-25(14-19)41-17-40-24)20-8-10-22(11-9-20)43-21-5-3-2-4-6-21/h2-12,14,18,23,26H,13,15-17H2,1H3,(H,33,34)(H,36,37)(H,38,39)/t18?,23?,26-/m0/s1. The zero-order valence-electron chi connectivity index (χ0n) is 23.5. The van der Waals surface area contributed by atoms with Crippen molar-refractivity contribution in [3.05, 3.63) is 83.9 Å². The molecule has 1 saturated heterocycles. The maximum atomic E-state index is 13.7. The van der Waals surface area contributed by atoms with E-state index < -0.39 is 60.8 Å². The number of carbonyl (C=O) groups is 4. The Balaban J connectivity index is 1.46. The average molecular weight is 608 g/mol. The number of carboxylic acids is 3. The van der Waals surface area contributed by atoms with Crippen LogP contribution in [0.1, 0.15) is 24.0 Å². The molecule has 5 rings (SSSR count). The van der Waals surface area contributed by atoms with Crippen LogP contribution in [0.25, 0.3) is 0 Å². The van der Waals surface area contributed by atoms with E-state index >= 15 is 0 Å². The molecule has 0 saturated carbocycles. The molecule has 0 radical (unpaired) electrons. The van der Waals surface area contributed by atoms with Crippen LogP contribution in [-0.2, 0) is 35.1 Å². The Morgan fingerprint density at radius 1 is 0.909 bits per heavy atom. The maximum absolute atomic E-state index is 13.7. The first-order valence-corrected chi connectivity index (χ1v) is 13.6. The van der Waals surface area contributed by atoms with Gasteiger partial charge in [-0.3, -0.25) is 9.59 Å². The van der Waals surface area contributed by atoms with E-state index in [-0.39, 0.29) is 6.79 Å². The minimum Gasteiger partial charge on any atom is -0.480 e. The normalized spacial score (nSPS) is 17.8. The first-order chi connectivity index (χ1) is 21.1. The largest absolute Gasteiger partial charge is 0.480 e. The summed E-state index contributed by atoms with van der Waals surface area (Å²) in [5.41, 5.74) is 1.56. The van der Waals surface area contributed by atoms with Gasteiger partial charge in [0.25, 0.3) is 5.91 Å². The maximum Gasteiger partial charge on any atom is 0.377 e. The second-order valence-corrected chi connectivity index (χ2v) is 10.2. The second-order valence-electron chi connectivity index (χ2n) is 10.2. The van der Waals surface area contributed by atoms with Crippen molar-refractivity contribution in [2.24, 2.45) is 0 Å². The van der Waals surface area contributed by atoms with Gasteiger partial charge in [-0.1, -0.05) is 36.4 Å². The molecule has 0 aromatic heterocycles. The molecule has 230 valence electrons. The molecular formula is C31H29NO12. The minimum atomic E-state index is -3.08. The molecule has 44 heavy (non-hydrogen) atoms. The highest BCUT2D eigenvalue weighted by atomic mass is 16.8. The molecule has 3 aromatic rings. The van der Waals surface area contributed by atoms with Gasteiger partial charge in [-0.2, -0.15) is 0 Å². The van der Waals surface area contributed by atoms with Crippen LogP contribution in [-0.4, -0.2) is 81.9 Å². The molecule has 0 bridgehead atoms. The van der Waals surface area contributed by atoms with Crippen LogP contribution in [0.4, 0.5) is 0 Å². The lowest BCUT2D eigenvalue weighted by Crippen LogP contribution is -2.52. The summed E-state index contributed by atoms with van der Waals surface area (Å²) in [5.74, 6) is -7.41. The van der Waals surface area contributed by atoms with Crippen LogP contribution < -0.4 is 14.2 Å². The minimum absolute atomic E-state index is 0.0834. The third-order valence-corrected chi connectivity index (χ3v) is 7.43. The van der Waals surface area contributed by atoms with Crippen LogP contribution >= 0.6 is 0 Å². The monoisotopic (exact) mass is 607 g/mol. The number of nitrogens with zero attached hydrogens (tertiary/aromatic N) is 1. The lowest BCUT2D eigenvalue weighted by Gasteiger charge is -2.35. The fourth-order valence-electron chi connectivity index (χ4n) is 5.17. The number of hydrogen-bond donors (Lipinski definition) is 3. The number of para-hydroxylation sites is 1. The number of hydrogen-bond acceptors (Lipinski definition) is 9. The summed E-state index contributed by atoms with van der Waals surface area (Å²) >= 11 is 0. The van der Waals surface area contributed by atoms with Gasteiger partial charge in [-0.05, 0) is 60.9 Å². The number of benzene rings is 3. The number of carboxylic acid groups (broad SMARTS) is 3. The SMILES string of the molecule is CC(C(Cc1ccc2c(c1)OCO2)c1ccc(Oc2ccccc2)cc1)N(CC(=O)O)C(=O)[C@@H]1COC(C(=O)O)(C(=O)O)O1. The van der Waals surface area contributed by atoms with Crippen molar-refractivity contribution in [1.82, 2.24) is 4.90 Å². The van der Waals surface area contributed by atoms with Gasteiger partial charge < -0.3 is 43.9 Å². The summed E-state index contributed by atoms with van der Waals surface area (Å²) in [7, 11) is 0. The molecule has 2 heterocycles. The molecule has 3 aromatic carbocycles. The van der Waals surface area contributed by atoms with Crippen molar-refractivity contribution in [3.63, 3.8) is 0 Å². The van der Waals surface area contributed by atoms with Crippen LogP contribution in [0.15, 0.2) is 72.8 Å². The van der Waals surface area contributed by atoms with Crippen molar-refractivity contribution in [2.45, 2.75) is 37.2 Å². The van der Waals surface area contributed by atoms with Gasteiger partial charge in [-0.25, -0.2) is 9.59 Å². The Kier molecular flexibility index (Phi) is 8.69. The molecule has 0 spiro atoms. The Bertz CT molecular complexity index is 1530. The number of rotatable bonds is 12. The molecule has 3 atom stereocenters. The summed E-state index contributed by atoms with van der Waals surface area (Å²) in [4.78, 5) is 50.0. The highest BCUT2D eigenvalue weighted by Crippen LogP contribution is 2.36. The molecule has 2 aliphatic rings. The van der Waals surface area contributed by atoms with Crippen molar-refractivity contribution in [3.8, 4) is 23.0 Å². The first-order valence-electron chi connectivity index (χ1n) is 13.6. The molecular weight excluding hydrogens is 578 g/mol. The van der Waals surface area contributed by atoms with Gasteiger partial charge in [0.15, 0.2) is 17.6 Å². The zero-order chi connectivity index (χ0) is 31.4. The molecule has 1 fully saturated rings. The Labute approximate surface area is 251 Å². The predicted molar refractivity (Wildman–Crippen MR) is 150 cm³/mol. The van der Waals surface area contributed by atoms with Crippen LogP contribution in [0, 0.1) is 0 Å². The average Bonchev–Trinajstić information content (AvgIpc) is 3.67. The van der Waals surface area contributed by atoms with E-state index in [2.05, 4.69) is 0 Å². The highest BCUT2D eigenvalue weighted by Gasteiger charge is 2.58. The third kappa shape index (κ3) is 6.28. The van der Waals surface area contributed by atoms with Crippen molar-refractivity contribution in [1.29, 1.82) is 0 Å². The second kappa shape index (κ2) is 12.6. The van der Waals surface area contributed by atoms with E-state index in [1.807, 2.05) is 48.5 Å². The van der Waals surface area contributed by atoms with E-state index in [1.54, 1.807) is 31.2 Å². The lowest BCUT2D eigenvalue weighted by molar-refractivity contribution is -0.218. The lowest BCUT2D eigenvalue weighted by atomic mass is 9.85. The van der Waals surface area contributed by atoms with Gasteiger partial charge >= 0.3 is 23.7 Å². The predicted octanol–water partition coefficient (Wildman–Crippen LogP) is 3.12. The first kappa shape index (κ1) is 30.3. The van der Waals surface area contributed by atoms with E-state index in [0.29, 0.717) is 29.4 Å². The van der Waals surface area contributed by atoms with Crippen molar-refractivity contribution in [2.75, 3.05) is 19.9 Å². The number of fused-ring (bicyclic) bond motifs is 1. The van der Waals surface area contributed by atoms with Gasteiger partial charge in [-0.15, -0.1) is 0 Å². The van der Waals surface area contributed by atoms with Crippen LogP contribution in [0.3, 0.4) is 0 Å². The van der Waals surface area contributed by atoms with Gasteiger partial charge in [0.1, 0.15) is 18.0 Å². The summed E-state index contributed by atoms with van der Waals surface area (Å²) in [6.45, 7) is 0.281.